The number of ether oxygens (including phenoxy) is 1. The van der Waals surface area contributed by atoms with Gasteiger partial charge in [-0.2, -0.15) is 5.10 Å². The summed E-state index contributed by atoms with van der Waals surface area (Å²) in [4.78, 5) is 20.4. The summed E-state index contributed by atoms with van der Waals surface area (Å²) in [7, 11) is -3.58. The fourth-order valence-corrected chi connectivity index (χ4v) is 5.00. The van der Waals surface area contributed by atoms with Crippen molar-refractivity contribution in [2.45, 2.75) is 24.7 Å². The fourth-order valence-electron chi connectivity index (χ4n) is 3.60. The quantitative estimate of drug-likeness (QED) is 0.246. The molecule has 1 aliphatic carbocycles. The molecule has 0 bridgehead atoms. The van der Waals surface area contributed by atoms with Crippen LogP contribution in [0, 0.1) is 5.82 Å². The lowest BCUT2D eigenvalue weighted by molar-refractivity contribution is 0.100. The number of sulfonamides is 1. The molecule has 0 spiro atoms. The molecule has 5 N–H and O–H groups in total. The van der Waals surface area contributed by atoms with Gasteiger partial charge in [0, 0.05) is 18.0 Å². The average Bonchev–Trinajstić information content (AvgIpc) is 3.66. The SMILES string of the molecule is NC(=O)c1c(Nc2cnccn2)n[nH]c1-c1ccc(NS(=O)(=O)C2CC2)c(OCc2ccc(F)cc2)c1. The highest BCUT2D eigenvalue weighted by Gasteiger charge is 2.36. The van der Waals surface area contributed by atoms with E-state index >= 15 is 0 Å². The van der Waals surface area contributed by atoms with E-state index in [-0.39, 0.29) is 35.2 Å². The number of amides is 1. The zero-order chi connectivity index (χ0) is 26.0. The van der Waals surface area contributed by atoms with Gasteiger partial charge >= 0.3 is 0 Å². The number of halogens is 1. The van der Waals surface area contributed by atoms with Crippen molar-refractivity contribution >= 4 is 33.3 Å². The Kier molecular flexibility index (Phi) is 6.44. The standard InChI is InChI=1S/C24H22FN7O4S/c25-16-4-1-14(2-5-16)13-36-19-11-15(3-8-18(19)32-37(34,35)17-6-7-17)22-21(23(26)33)24(31-30-22)29-20-12-27-9-10-28-20/h1-5,8-12,17,32H,6-7,13H2,(H2,26,33)(H2,28,29,30,31). The molecule has 2 aromatic carbocycles. The number of nitrogens with zero attached hydrogens (tertiary/aromatic N) is 3. The summed E-state index contributed by atoms with van der Waals surface area (Å²) >= 11 is 0. The lowest BCUT2D eigenvalue weighted by atomic mass is 10.1. The largest absolute Gasteiger partial charge is 0.487 e. The summed E-state index contributed by atoms with van der Waals surface area (Å²) in [5.41, 5.74) is 7.41. The van der Waals surface area contributed by atoms with Crippen LogP contribution in [-0.2, 0) is 16.6 Å². The highest BCUT2D eigenvalue weighted by atomic mass is 32.2. The maximum Gasteiger partial charge on any atom is 0.254 e. The number of aromatic amines is 1. The fraction of sp³-hybridized carbons (Fsp3) is 0.167. The first kappa shape index (κ1) is 24.2. The Morgan fingerprint density at radius 1 is 1.16 bits per heavy atom. The van der Waals surface area contributed by atoms with Crippen LogP contribution in [-0.4, -0.2) is 39.7 Å². The van der Waals surface area contributed by atoms with E-state index in [4.69, 9.17) is 10.5 Å². The Bertz CT molecular complexity index is 1540. The summed E-state index contributed by atoms with van der Waals surface area (Å²) in [5, 5.41) is 9.42. The number of nitrogens with two attached hydrogens (primary N) is 1. The van der Waals surface area contributed by atoms with Crippen molar-refractivity contribution in [2.75, 3.05) is 10.0 Å². The topological polar surface area (TPSA) is 165 Å². The van der Waals surface area contributed by atoms with E-state index in [2.05, 4.69) is 30.2 Å². The van der Waals surface area contributed by atoms with Gasteiger partial charge < -0.3 is 15.8 Å². The van der Waals surface area contributed by atoms with Gasteiger partial charge in [-0.1, -0.05) is 18.2 Å². The van der Waals surface area contributed by atoms with Gasteiger partial charge in [-0.15, -0.1) is 0 Å². The third kappa shape index (κ3) is 5.51. The van der Waals surface area contributed by atoms with Gasteiger partial charge in [-0.05, 0) is 42.7 Å². The molecule has 0 atom stereocenters. The Balaban J connectivity index is 1.50. The van der Waals surface area contributed by atoms with Gasteiger partial charge in [0.25, 0.3) is 5.91 Å². The zero-order valence-electron chi connectivity index (χ0n) is 19.3. The monoisotopic (exact) mass is 523 g/mol. The minimum Gasteiger partial charge on any atom is -0.487 e. The lowest BCUT2D eigenvalue weighted by Gasteiger charge is -2.15. The van der Waals surface area contributed by atoms with Crippen LogP contribution < -0.4 is 20.5 Å². The molecule has 2 heterocycles. The molecule has 0 aliphatic heterocycles. The number of primary amides is 1. The first-order chi connectivity index (χ1) is 17.8. The van der Waals surface area contributed by atoms with Crippen molar-refractivity contribution in [3.05, 3.63) is 78.0 Å². The number of anilines is 3. The molecule has 1 fully saturated rings. The van der Waals surface area contributed by atoms with Crippen molar-refractivity contribution in [1.29, 1.82) is 0 Å². The minimum absolute atomic E-state index is 0.0486. The molecule has 1 amide bonds. The van der Waals surface area contributed by atoms with Gasteiger partial charge in [-0.25, -0.2) is 17.8 Å². The van der Waals surface area contributed by atoms with E-state index in [9.17, 15) is 17.6 Å². The molecule has 11 nitrogen and oxygen atoms in total. The number of benzene rings is 2. The second kappa shape index (κ2) is 9.85. The molecule has 1 saturated carbocycles. The van der Waals surface area contributed by atoms with E-state index in [0.29, 0.717) is 35.5 Å². The number of aromatic nitrogens is 4. The predicted octanol–water partition coefficient (Wildman–Crippen LogP) is 3.33. The van der Waals surface area contributed by atoms with E-state index < -0.39 is 21.2 Å². The maximum atomic E-state index is 13.3. The maximum absolute atomic E-state index is 13.3. The van der Waals surface area contributed by atoms with Crippen LogP contribution in [0.15, 0.2) is 61.1 Å². The van der Waals surface area contributed by atoms with Crippen molar-refractivity contribution in [1.82, 2.24) is 20.2 Å². The van der Waals surface area contributed by atoms with Crippen LogP contribution >= 0.6 is 0 Å². The van der Waals surface area contributed by atoms with E-state index in [0.717, 1.165) is 0 Å². The number of H-pyrrole nitrogens is 1. The number of carbonyl (C=O) groups excluding carboxylic acids is 1. The molecular weight excluding hydrogens is 501 g/mol. The molecule has 5 rings (SSSR count). The van der Waals surface area contributed by atoms with Crippen LogP contribution in [0.3, 0.4) is 0 Å². The first-order valence-electron chi connectivity index (χ1n) is 11.2. The molecule has 2 aromatic heterocycles. The van der Waals surface area contributed by atoms with Gasteiger partial charge in [0.1, 0.15) is 29.6 Å². The molecular formula is C24H22FN7O4S. The number of rotatable bonds is 10. The summed E-state index contributed by atoms with van der Waals surface area (Å²) in [6.07, 6.45) is 5.63. The second-order valence-corrected chi connectivity index (χ2v) is 10.3. The van der Waals surface area contributed by atoms with E-state index in [1.165, 1.54) is 36.8 Å². The minimum atomic E-state index is -3.58. The van der Waals surface area contributed by atoms with Crippen LogP contribution in [0.4, 0.5) is 21.7 Å². The normalized spacial score (nSPS) is 13.2. The average molecular weight is 524 g/mol. The predicted molar refractivity (Wildman–Crippen MR) is 134 cm³/mol. The molecule has 37 heavy (non-hydrogen) atoms. The van der Waals surface area contributed by atoms with Gasteiger partial charge in [-0.3, -0.25) is 19.6 Å². The number of hydrogen-bond donors (Lipinski definition) is 4. The van der Waals surface area contributed by atoms with Crippen molar-refractivity contribution in [3.8, 4) is 17.0 Å². The van der Waals surface area contributed by atoms with Crippen LogP contribution in [0.5, 0.6) is 5.75 Å². The van der Waals surface area contributed by atoms with Crippen molar-refractivity contribution < 1.29 is 22.3 Å². The summed E-state index contributed by atoms with van der Waals surface area (Å²) < 4.78 is 47.0. The Morgan fingerprint density at radius 2 is 1.95 bits per heavy atom. The molecule has 4 aromatic rings. The number of carbonyl (C=O) groups is 1. The van der Waals surface area contributed by atoms with Crippen LogP contribution in [0.2, 0.25) is 0 Å². The zero-order valence-corrected chi connectivity index (χ0v) is 20.1. The summed E-state index contributed by atoms with van der Waals surface area (Å²) in [6.45, 7) is 0.0486. The second-order valence-electron chi connectivity index (χ2n) is 8.37. The third-order valence-corrected chi connectivity index (χ3v) is 7.47. The Hall–Kier alpha value is -4.52. The van der Waals surface area contributed by atoms with Gasteiger partial charge in [0.2, 0.25) is 10.0 Å². The highest BCUT2D eigenvalue weighted by molar-refractivity contribution is 7.93. The van der Waals surface area contributed by atoms with Crippen LogP contribution in [0.1, 0.15) is 28.8 Å². The van der Waals surface area contributed by atoms with E-state index in [1.807, 2.05) is 0 Å². The van der Waals surface area contributed by atoms with Crippen molar-refractivity contribution in [3.63, 3.8) is 0 Å². The molecule has 1 aliphatic rings. The summed E-state index contributed by atoms with van der Waals surface area (Å²) in [6, 6.07) is 10.5. The third-order valence-electron chi connectivity index (χ3n) is 5.62. The molecule has 190 valence electrons. The smallest absolute Gasteiger partial charge is 0.254 e. The van der Waals surface area contributed by atoms with Crippen LogP contribution in [0.25, 0.3) is 11.3 Å². The molecule has 0 unspecified atom stereocenters. The Labute approximate surface area is 211 Å². The van der Waals surface area contributed by atoms with Gasteiger partial charge in [0.05, 0.1) is 22.8 Å². The number of hydrogen-bond acceptors (Lipinski definition) is 8. The van der Waals surface area contributed by atoms with Crippen molar-refractivity contribution in [2.24, 2.45) is 5.73 Å². The number of nitrogens with one attached hydrogen (secondary N) is 3. The van der Waals surface area contributed by atoms with Gasteiger partial charge in [0.15, 0.2) is 5.82 Å². The first-order valence-corrected chi connectivity index (χ1v) is 12.8. The summed E-state index contributed by atoms with van der Waals surface area (Å²) in [5.74, 6) is -0.416. The molecule has 0 radical (unpaired) electrons. The highest BCUT2D eigenvalue weighted by Crippen LogP contribution is 2.37. The molecule has 13 heteroatoms. The molecule has 0 saturated heterocycles. The van der Waals surface area contributed by atoms with E-state index in [1.54, 1.807) is 24.3 Å². The Morgan fingerprint density at radius 3 is 2.62 bits per heavy atom. The lowest BCUT2D eigenvalue weighted by Crippen LogP contribution is -2.18.